The Morgan fingerprint density at radius 3 is 2.56 bits per heavy atom. The number of nitriles is 1. The lowest BCUT2D eigenvalue weighted by Crippen LogP contribution is -2.08. The maximum Gasteiger partial charge on any atom is 0.160 e. The van der Waals surface area contributed by atoms with Crippen molar-refractivity contribution in [1.82, 2.24) is 4.90 Å². The molecule has 0 spiro atoms. The molecule has 3 nitrogen and oxygen atoms in total. The van der Waals surface area contributed by atoms with Crippen LogP contribution in [0, 0.1) is 11.3 Å². The van der Waals surface area contributed by atoms with E-state index in [2.05, 4.69) is 6.07 Å². The zero-order chi connectivity index (χ0) is 13.1. The summed E-state index contributed by atoms with van der Waals surface area (Å²) >= 11 is 0. The maximum absolute atomic E-state index is 11.9. The number of carbonyl (C=O) groups is 1. The van der Waals surface area contributed by atoms with Gasteiger partial charge >= 0.3 is 0 Å². The van der Waals surface area contributed by atoms with Gasteiger partial charge in [-0.25, -0.2) is 0 Å². The van der Waals surface area contributed by atoms with Gasteiger partial charge in [0.25, 0.3) is 0 Å². The fourth-order valence-corrected chi connectivity index (χ4v) is 2.35. The van der Waals surface area contributed by atoms with E-state index in [4.69, 9.17) is 5.26 Å². The highest BCUT2D eigenvalue weighted by Crippen LogP contribution is 2.36. The summed E-state index contributed by atoms with van der Waals surface area (Å²) in [4.78, 5) is 13.8. The van der Waals surface area contributed by atoms with E-state index in [1.165, 1.54) is 0 Å². The molecule has 3 heteroatoms. The lowest BCUT2D eigenvalue weighted by atomic mass is 9.93. The van der Waals surface area contributed by atoms with Crippen molar-refractivity contribution in [2.24, 2.45) is 0 Å². The zero-order valence-corrected chi connectivity index (χ0v) is 10.7. The third-order valence-electron chi connectivity index (χ3n) is 3.20. The molecule has 18 heavy (non-hydrogen) atoms. The Kier molecular flexibility index (Phi) is 3.47. The first-order chi connectivity index (χ1) is 8.61. The molecule has 0 N–H and O–H groups in total. The second-order valence-electron chi connectivity index (χ2n) is 4.80. The molecular weight excluding hydrogens is 224 g/mol. The van der Waals surface area contributed by atoms with E-state index in [1.807, 2.05) is 49.5 Å². The van der Waals surface area contributed by atoms with Gasteiger partial charge < -0.3 is 4.90 Å². The smallest absolute Gasteiger partial charge is 0.160 e. The highest BCUT2D eigenvalue weighted by Gasteiger charge is 2.29. The molecule has 0 heterocycles. The van der Waals surface area contributed by atoms with Crippen LogP contribution in [0.4, 0.5) is 0 Å². The third kappa shape index (κ3) is 2.43. The minimum Gasteiger partial charge on any atom is -0.383 e. The number of benzene rings is 1. The van der Waals surface area contributed by atoms with Crippen LogP contribution in [0.5, 0.6) is 0 Å². The molecule has 0 radical (unpaired) electrons. The average molecular weight is 240 g/mol. The molecule has 1 aromatic carbocycles. The molecule has 1 aromatic rings. The largest absolute Gasteiger partial charge is 0.383 e. The molecular formula is C15H16N2O. The fourth-order valence-electron chi connectivity index (χ4n) is 2.35. The Bertz CT molecular complexity index is 520. The monoisotopic (exact) mass is 240 g/mol. The van der Waals surface area contributed by atoms with Crippen molar-refractivity contribution in [2.45, 2.75) is 18.8 Å². The summed E-state index contributed by atoms with van der Waals surface area (Å²) in [5.74, 6) is 0.408. The first-order valence-corrected chi connectivity index (χ1v) is 6.03. The summed E-state index contributed by atoms with van der Waals surface area (Å²) in [5.41, 5.74) is 2.65. The molecule has 1 fully saturated rings. The second-order valence-corrected chi connectivity index (χ2v) is 4.80. The van der Waals surface area contributed by atoms with Crippen molar-refractivity contribution in [3.8, 4) is 6.07 Å². The molecule has 92 valence electrons. The van der Waals surface area contributed by atoms with Crippen LogP contribution in [-0.2, 0) is 4.79 Å². The first-order valence-electron chi connectivity index (χ1n) is 6.03. The predicted molar refractivity (Wildman–Crippen MR) is 69.9 cm³/mol. The van der Waals surface area contributed by atoms with Crippen molar-refractivity contribution < 1.29 is 4.79 Å². The van der Waals surface area contributed by atoms with Crippen LogP contribution in [-0.4, -0.2) is 24.8 Å². The summed E-state index contributed by atoms with van der Waals surface area (Å²) in [5, 5.41) is 8.78. The van der Waals surface area contributed by atoms with Crippen LogP contribution in [0.3, 0.4) is 0 Å². The number of ketones is 1. The Morgan fingerprint density at radius 1 is 1.33 bits per heavy atom. The van der Waals surface area contributed by atoms with Gasteiger partial charge in [0.05, 0.1) is 11.6 Å². The van der Waals surface area contributed by atoms with Gasteiger partial charge in [-0.15, -0.1) is 0 Å². The first kappa shape index (κ1) is 12.4. The quantitative estimate of drug-likeness (QED) is 0.746. The van der Waals surface area contributed by atoms with Crippen LogP contribution in [0.2, 0.25) is 0 Å². The molecule has 0 aromatic heterocycles. The van der Waals surface area contributed by atoms with Crippen molar-refractivity contribution in [1.29, 1.82) is 5.26 Å². The summed E-state index contributed by atoms with van der Waals surface area (Å²) in [6, 6.07) is 9.63. The van der Waals surface area contributed by atoms with E-state index < -0.39 is 0 Å². The summed E-state index contributed by atoms with van der Waals surface area (Å²) < 4.78 is 0. The van der Waals surface area contributed by atoms with Crippen molar-refractivity contribution in [3.63, 3.8) is 0 Å². The van der Waals surface area contributed by atoms with Crippen molar-refractivity contribution in [3.05, 3.63) is 47.2 Å². The number of nitrogens with zero attached hydrogens (tertiary/aromatic N) is 2. The minimum atomic E-state index is 0.174. The molecule has 1 aliphatic carbocycles. The van der Waals surface area contributed by atoms with Gasteiger partial charge in [-0.2, -0.15) is 5.26 Å². The standard InChI is InChI=1S/C15H16N2O/c1-17(2)10-14-13(7-8-15(14)18)12-5-3-11(9-16)4-6-12/h3-6,10,13H,7-8H2,1-2H3/b14-10-. The van der Waals surface area contributed by atoms with E-state index >= 15 is 0 Å². The van der Waals surface area contributed by atoms with E-state index in [0.717, 1.165) is 17.6 Å². The van der Waals surface area contributed by atoms with Gasteiger partial charge in [0.2, 0.25) is 0 Å². The van der Waals surface area contributed by atoms with E-state index in [1.54, 1.807) is 0 Å². The number of Topliss-reactive ketones (excluding diaryl/α,β-unsaturated/α-hetero) is 1. The topological polar surface area (TPSA) is 44.1 Å². The number of allylic oxidation sites excluding steroid dienone is 1. The average Bonchev–Trinajstić information content (AvgIpc) is 2.71. The van der Waals surface area contributed by atoms with Gasteiger partial charge in [-0.05, 0) is 24.1 Å². The SMILES string of the molecule is CN(C)/C=C1\C(=O)CCC1c1ccc(C#N)cc1. The lowest BCUT2D eigenvalue weighted by molar-refractivity contribution is -0.114. The maximum atomic E-state index is 11.9. The molecule has 1 atom stereocenters. The molecule has 0 aliphatic heterocycles. The molecule has 0 bridgehead atoms. The number of hydrogen-bond donors (Lipinski definition) is 0. The molecule has 1 saturated carbocycles. The zero-order valence-electron chi connectivity index (χ0n) is 10.7. The Hall–Kier alpha value is -2.08. The third-order valence-corrected chi connectivity index (χ3v) is 3.20. The van der Waals surface area contributed by atoms with Crippen LogP contribution in [0.25, 0.3) is 0 Å². The fraction of sp³-hybridized carbons (Fsp3) is 0.333. The van der Waals surface area contributed by atoms with E-state index in [9.17, 15) is 4.79 Å². The van der Waals surface area contributed by atoms with Gasteiger partial charge in [0.1, 0.15) is 0 Å². The van der Waals surface area contributed by atoms with Crippen molar-refractivity contribution in [2.75, 3.05) is 14.1 Å². The number of carbonyl (C=O) groups excluding carboxylic acids is 1. The van der Waals surface area contributed by atoms with Gasteiger partial charge in [-0.1, -0.05) is 12.1 Å². The van der Waals surface area contributed by atoms with Crippen LogP contribution < -0.4 is 0 Å². The van der Waals surface area contributed by atoms with Crippen molar-refractivity contribution >= 4 is 5.78 Å². The molecule has 0 amide bonds. The van der Waals surface area contributed by atoms with Gasteiger partial charge in [-0.3, -0.25) is 4.79 Å². The minimum absolute atomic E-state index is 0.174. The highest BCUT2D eigenvalue weighted by atomic mass is 16.1. The van der Waals surface area contributed by atoms with Gasteiger partial charge in [0.15, 0.2) is 5.78 Å². The second kappa shape index (κ2) is 5.05. The summed E-state index contributed by atoms with van der Waals surface area (Å²) in [7, 11) is 3.85. The van der Waals surface area contributed by atoms with Crippen LogP contribution in [0.1, 0.15) is 29.9 Å². The molecule has 2 rings (SSSR count). The lowest BCUT2D eigenvalue weighted by Gasteiger charge is -2.14. The Morgan fingerprint density at radius 2 is 2.00 bits per heavy atom. The van der Waals surface area contributed by atoms with Crippen LogP contribution >= 0.6 is 0 Å². The summed E-state index contributed by atoms with van der Waals surface area (Å²) in [6.07, 6.45) is 3.40. The summed E-state index contributed by atoms with van der Waals surface area (Å²) in [6.45, 7) is 0. The number of hydrogen-bond acceptors (Lipinski definition) is 3. The molecule has 0 saturated heterocycles. The Labute approximate surface area is 107 Å². The Balaban J connectivity index is 2.32. The number of rotatable bonds is 2. The normalized spacial score (nSPS) is 21.1. The van der Waals surface area contributed by atoms with E-state index in [-0.39, 0.29) is 11.7 Å². The molecule has 1 unspecified atom stereocenters. The van der Waals surface area contributed by atoms with E-state index in [0.29, 0.717) is 12.0 Å². The highest BCUT2D eigenvalue weighted by molar-refractivity contribution is 5.99. The molecule has 1 aliphatic rings. The van der Waals surface area contributed by atoms with Gasteiger partial charge in [0, 0.05) is 38.2 Å². The predicted octanol–water partition coefficient (Wildman–Crippen LogP) is 2.45. The van der Waals surface area contributed by atoms with Crippen LogP contribution in [0.15, 0.2) is 36.0 Å².